The molecule has 37 heavy (non-hydrogen) atoms. The largest absolute Gasteiger partial charge is 0.350 e. The number of hydrogen-bond acceptors (Lipinski definition) is 1. The van der Waals surface area contributed by atoms with Crippen LogP contribution in [0.25, 0.3) is 12.2 Å². The summed E-state index contributed by atoms with van der Waals surface area (Å²) in [6.07, 6.45) is 13.7. The number of rotatable bonds is 12. The molecule has 4 aromatic carbocycles. The zero-order valence-electron chi connectivity index (χ0n) is 21.2. The van der Waals surface area contributed by atoms with Crippen LogP contribution in [-0.2, 0) is 15.9 Å². The van der Waals surface area contributed by atoms with Gasteiger partial charge >= 0.3 is 0 Å². The molecule has 184 valence electrons. The lowest BCUT2D eigenvalue weighted by Crippen LogP contribution is -2.38. The zero-order chi connectivity index (χ0) is 25.8. The highest BCUT2D eigenvalue weighted by Crippen LogP contribution is 2.43. The van der Waals surface area contributed by atoms with Gasteiger partial charge in [-0.1, -0.05) is 171 Å². The minimum Gasteiger partial charge on any atom is -0.350 e. The molecule has 0 aromatic heterocycles. The van der Waals surface area contributed by atoms with Crippen LogP contribution in [0.15, 0.2) is 159 Å². The van der Waals surface area contributed by atoms with E-state index in [0.29, 0.717) is 12.8 Å². The van der Waals surface area contributed by atoms with Crippen molar-refractivity contribution in [2.24, 2.45) is 0 Å². The highest BCUT2D eigenvalue weighted by atomic mass is 16.5. The average molecular weight is 483 g/mol. The summed E-state index contributed by atoms with van der Waals surface area (Å²) in [6.45, 7) is 8.53. The molecule has 0 amide bonds. The molecular weight excluding hydrogens is 448 g/mol. The first-order chi connectivity index (χ1) is 18.2. The fourth-order valence-corrected chi connectivity index (χ4v) is 4.56. The van der Waals surface area contributed by atoms with Gasteiger partial charge in [-0.05, 0) is 22.3 Å². The van der Waals surface area contributed by atoms with Crippen molar-refractivity contribution >= 4 is 12.2 Å². The van der Waals surface area contributed by atoms with E-state index in [0.717, 1.165) is 22.3 Å². The van der Waals surface area contributed by atoms with E-state index in [2.05, 4.69) is 86.0 Å². The van der Waals surface area contributed by atoms with Crippen molar-refractivity contribution in [1.29, 1.82) is 0 Å². The molecule has 0 bridgehead atoms. The Morgan fingerprint density at radius 1 is 0.486 bits per heavy atom. The summed E-state index contributed by atoms with van der Waals surface area (Å²) < 4.78 is 7.23. The van der Waals surface area contributed by atoms with Gasteiger partial charge in [-0.15, -0.1) is 0 Å². The first kappa shape index (κ1) is 25.9. The molecule has 0 radical (unpaired) electrons. The molecule has 0 aliphatic rings. The molecule has 0 fully saturated rings. The number of benzene rings is 4. The Hall–Kier alpha value is -4.20. The van der Waals surface area contributed by atoms with Gasteiger partial charge in [0.1, 0.15) is 11.2 Å². The van der Waals surface area contributed by atoms with Gasteiger partial charge < -0.3 is 4.74 Å². The molecule has 0 heterocycles. The van der Waals surface area contributed by atoms with E-state index >= 15 is 0 Å². The third kappa shape index (κ3) is 6.52. The molecule has 2 atom stereocenters. The monoisotopic (exact) mass is 482 g/mol. The van der Waals surface area contributed by atoms with Crippen LogP contribution < -0.4 is 0 Å². The maximum absolute atomic E-state index is 7.23. The fourth-order valence-electron chi connectivity index (χ4n) is 4.56. The summed E-state index contributed by atoms with van der Waals surface area (Å²) in [4.78, 5) is 0. The molecule has 2 unspecified atom stereocenters. The predicted molar refractivity (Wildman–Crippen MR) is 158 cm³/mol. The second kappa shape index (κ2) is 12.7. The number of hydrogen-bond donors (Lipinski definition) is 0. The first-order valence-electron chi connectivity index (χ1n) is 12.7. The quantitative estimate of drug-likeness (QED) is 0.183. The Bertz CT molecular complexity index is 1200. The van der Waals surface area contributed by atoms with Crippen molar-refractivity contribution < 1.29 is 4.74 Å². The lowest BCUT2D eigenvalue weighted by atomic mass is 9.84. The third-order valence-electron chi connectivity index (χ3n) is 6.61. The Morgan fingerprint density at radius 2 is 0.811 bits per heavy atom. The minimum atomic E-state index is -0.767. The topological polar surface area (TPSA) is 9.23 Å². The lowest BCUT2D eigenvalue weighted by molar-refractivity contribution is -0.114. The maximum atomic E-state index is 7.23. The van der Waals surface area contributed by atoms with Crippen LogP contribution in [-0.4, -0.2) is 0 Å². The van der Waals surface area contributed by atoms with E-state index in [-0.39, 0.29) is 0 Å². The van der Waals surface area contributed by atoms with Gasteiger partial charge in [0.2, 0.25) is 0 Å². The Labute approximate surface area is 221 Å². The molecule has 0 aliphatic carbocycles. The predicted octanol–water partition coefficient (Wildman–Crippen LogP) is 9.37. The van der Waals surface area contributed by atoms with Gasteiger partial charge in [-0.25, -0.2) is 0 Å². The second-order valence-corrected chi connectivity index (χ2v) is 9.06. The van der Waals surface area contributed by atoms with Gasteiger partial charge in [0.25, 0.3) is 0 Å². The van der Waals surface area contributed by atoms with Crippen molar-refractivity contribution in [3.05, 3.63) is 181 Å². The third-order valence-corrected chi connectivity index (χ3v) is 6.61. The van der Waals surface area contributed by atoms with E-state index in [4.69, 9.17) is 4.74 Å². The van der Waals surface area contributed by atoms with Crippen molar-refractivity contribution in [2.45, 2.75) is 24.0 Å². The molecule has 1 heteroatoms. The van der Waals surface area contributed by atoms with Crippen molar-refractivity contribution in [2.75, 3.05) is 0 Å². The Kier molecular flexibility index (Phi) is 8.86. The van der Waals surface area contributed by atoms with E-state index in [1.807, 2.05) is 84.9 Å². The van der Waals surface area contributed by atoms with Crippen molar-refractivity contribution in [1.82, 2.24) is 0 Å². The SMILES string of the molecule is C=CC(C/C=C/c1ccccc1)(OC(C=C)(C/C=C/c1ccccc1)c1ccccc1)c1ccccc1. The summed E-state index contributed by atoms with van der Waals surface area (Å²) in [5, 5.41) is 0. The summed E-state index contributed by atoms with van der Waals surface area (Å²) in [7, 11) is 0. The summed E-state index contributed by atoms with van der Waals surface area (Å²) in [5.41, 5.74) is 2.87. The summed E-state index contributed by atoms with van der Waals surface area (Å²) in [5.74, 6) is 0. The molecule has 0 saturated heterocycles. The van der Waals surface area contributed by atoms with Crippen LogP contribution in [0.4, 0.5) is 0 Å². The van der Waals surface area contributed by atoms with Crippen molar-refractivity contribution in [3.63, 3.8) is 0 Å². The van der Waals surface area contributed by atoms with Gasteiger partial charge in [0.15, 0.2) is 0 Å². The second-order valence-electron chi connectivity index (χ2n) is 9.06. The first-order valence-corrected chi connectivity index (χ1v) is 12.7. The summed E-state index contributed by atoms with van der Waals surface area (Å²) >= 11 is 0. The van der Waals surface area contributed by atoms with E-state index in [9.17, 15) is 0 Å². The molecule has 4 aromatic rings. The zero-order valence-corrected chi connectivity index (χ0v) is 21.2. The highest BCUT2D eigenvalue weighted by molar-refractivity contribution is 5.50. The minimum absolute atomic E-state index is 0.625. The standard InChI is InChI=1S/C36H34O/c1-3-35(33-25-13-7-14-26-33,29-17-23-31-19-9-5-10-20-31)37-36(4-2,34-27-15-8-16-28-34)30-18-24-32-21-11-6-12-22-32/h3-28H,1-2,29-30H2/b23-17+,24-18+. The van der Waals surface area contributed by atoms with Crippen molar-refractivity contribution in [3.8, 4) is 0 Å². The Balaban J connectivity index is 1.75. The lowest BCUT2D eigenvalue weighted by Gasteiger charge is -2.41. The normalized spacial score (nSPS) is 14.7. The fraction of sp³-hybridized carbons (Fsp3) is 0.111. The Morgan fingerprint density at radius 3 is 1.14 bits per heavy atom. The van der Waals surface area contributed by atoms with E-state index in [1.165, 1.54) is 0 Å². The van der Waals surface area contributed by atoms with E-state index < -0.39 is 11.2 Å². The highest BCUT2D eigenvalue weighted by Gasteiger charge is 2.40. The number of ether oxygens (including phenoxy) is 1. The molecule has 0 saturated carbocycles. The van der Waals surface area contributed by atoms with E-state index in [1.54, 1.807) is 0 Å². The van der Waals surface area contributed by atoms with Crippen LogP contribution in [0, 0.1) is 0 Å². The van der Waals surface area contributed by atoms with Crippen LogP contribution in [0.1, 0.15) is 35.1 Å². The average Bonchev–Trinajstić information content (AvgIpc) is 2.98. The molecular formula is C36H34O. The summed E-state index contributed by atoms with van der Waals surface area (Å²) in [6, 6.07) is 41.3. The van der Waals surface area contributed by atoms with Gasteiger partial charge in [0, 0.05) is 12.8 Å². The maximum Gasteiger partial charge on any atom is 0.116 e. The molecule has 0 aliphatic heterocycles. The van der Waals surface area contributed by atoms with Crippen LogP contribution in [0.2, 0.25) is 0 Å². The van der Waals surface area contributed by atoms with Gasteiger partial charge in [-0.3, -0.25) is 0 Å². The van der Waals surface area contributed by atoms with Crippen LogP contribution in [0.5, 0.6) is 0 Å². The van der Waals surface area contributed by atoms with Crippen LogP contribution in [0.3, 0.4) is 0 Å². The van der Waals surface area contributed by atoms with Gasteiger partial charge in [-0.2, -0.15) is 0 Å². The molecule has 1 nitrogen and oxygen atoms in total. The molecule has 0 spiro atoms. The molecule has 4 rings (SSSR count). The smallest absolute Gasteiger partial charge is 0.116 e. The molecule has 0 N–H and O–H groups in total. The van der Waals surface area contributed by atoms with Gasteiger partial charge in [0.05, 0.1) is 0 Å². The van der Waals surface area contributed by atoms with Crippen LogP contribution >= 0.6 is 0 Å².